The number of aryl methyl sites for hydroxylation is 1. The van der Waals surface area contributed by atoms with Crippen molar-refractivity contribution in [1.82, 2.24) is 14.7 Å². The van der Waals surface area contributed by atoms with Crippen molar-refractivity contribution in [3.05, 3.63) is 17.5 Å². The molecule has 1 amide bonds. The van der Waals surface area contributed by atoms with Crippen LogP contribution in [0.5, 0.6) is 0 Å². The molecule has 0 N–H and O–H groups in total. The lowest BCUT2D eigenvalue weighted by molar-refractivity contribution is -0.132. The molecule has 0 spiro atoms. The molecule has 1 aliphatic heterocycles. The minimum atomic E-state index is 0.201. The zero-order chi connectivity index (χ0) is 13.1. The molecule has 1 aromatic heterocycles. The van der Waals surface area contributed by atoms with Gasteiger partial charge in [0, 0.05) is 19.3 Å². The molecule has 2 rings (SSSR count). The number of amides is 1. The van der Waals surface area contributed by atoms with E-state index in [1.807, 2.05) is 18.0 Å². The van der Waals surface area contributed by atoms with Crippen LogP contribution >= 0.6 is 0 Å². The van der Waals surface area contributed by atoms with E-state index in [0.29, 0.717) is 12.5 Å². The van der Waals surface area contributed by atoms with Crippen LogP contribution in [0, 0.1) is 6.92 Å². The van der Waals surface area contributed by atoms with Crippen LogP contribution in [0.2, 0.25) is 0 Å². The Labute approximate surface area is 109 Å². The first-order valence-corrected chi connectivity index (χ1v) is 6.89. The Morgan fingerprint density at radius 2 is 2.00 bits per heavy atom. The fourth-order valence-corrected chi connectivity index (χ4v) is 2.56. The molecule has 4 nitrogen and oxygen atoms in total. The van der Waals surface area contributed by atoms with Crippen LogP contribution in [-0.4, -0.2) is 33.7 Å². The maximum Gasteiger partial charge on any atom is 0.244 e. The van der Waals surface area contributed by atoms with Crippen LogP contribution in [0.25, 0.3) is 0 Å². The molecule has 1 aromatic rings. The third kappa shape index (κ3) is 2.92. The molecule has 0 radical (unpaired) electrons. The van der Waals surface area contributed by atoms with Gasteiger partial charge in [0.05, 0.1) is 5.69 Å². The van der Waals surface area contributed by atoms with Crippen LogP contribution in [-0.2, 0) is 11.3 Å². The van der Waals surface area contributed by atoms with E-state index < -0.39 is 0 Å². The predicted molar refractivity (Wildman–Crippen MR) is 71.5 cm³/mol. The van der Waals surface area contributed by atoms with Crippen molar-refractivity contribution >= 4 is 5.91 Å². The standard InChI is InChI=1S/C14H23N3O/c1-11(2)13-9-17(15-12(13)3)10-14(18)16-7-5-4-6-8-16/h9,11H,4-8,10H2,1-3H3. The van der Waals surface area contributed by atoms with Crippen molar-refractivity contribution in [2.24, 2.45) is 0 Å². The molecule has 0 bridgehead atoms. The van der Waals surface area contributed by atoms with Crippen LogP contribution in [0.1, 0.15) is 50.3 Å². The van der Waals surface area contributed by atoms with Crippen molar-refractivity contribution in [3.8, 4) is 0 Å². The molecule has 18 heavy (non-hydrogen) atoms. The van der Waals surface area contributed by atoms with Gasteiger partial charge in [0.25, 0.3) is 0 Å². The van der Waals surface area contributed by atoms with Gasteiger partial charge in [-0.15, -0.1) is 0 Å². The molecule has 1 fully saturated rings. The first-order valence-electron chi connectivity index (χ1n) is 6.89. The van der Waals surface area contributed by atoms with Gasteiger partial charge in [-0.25, -0.2) is 0 Å². The van der Waals surface area contributed by atoms with Crippen molar-refractivity contribution in [2.75, 3.05) is 13.1 Å². The van der Waals surface area contributed by atoms with E-state index in [2.05, 4.69) is 18.9 Å². The molecular weight excluding hydrogens is 226 g/mol. The topological polar surface area (TPSA) is 38.1 Å². The van der Waals surface area contributed by atoms with E-state index in [4.69, 9.17) is 0 Å². The lowest BCUT2D eigenvalue weighted by atomic mass is 10.1. The largest absolute Gasteiger partial charge is 0.341 e. The van der Waals surface area contributed by atoms with Gasteiger partial charge in [-0.2, -0.15) is 5.10 Å². The lowest BCUT2D eigenvalue weighted by Gasteiger charge is -2.26. The fourth-order valence-electron chi connectivity index (χ4n) is 2.56. The van der Waals surface area contributed by atoms with Crippen molar-refractivity contribution in [1.29, 1.82) is 0 Å². The van der Waals surface area contributed by atoms with Gasteiger partial charge in [-0.3, -0.25) is 9.48 Å². The van der Waals surface area contributed by atoms with E-state index in [9.17, 15) is 4.79 Å². The summed E-state index contributed by atoms with van der Waals surface area (Å²) in [5.41, 5.74) is 2.28. The predicted octanol–water partition coefficient (Wildman–Crippen LogP) is 2.33. The molecule has 0 saturated carbocycles. The SMILES string of the molecule is Cc1nn(CC(=O)N2CCCCC2)cc1C(C)C. The molecule has 0 atom stereocenters. The smallest absolute Gasteiger partial charge is 0.244 e. The molecule has 0 aromatic carbocycles. The third-order valence-electron chi connectivity index (χ3n) is 3.61. The van der Waals surface area contributed by atoms with E-state index in [0.717, 1.165) is 31.6 Å². The number of piperidine rings is 1. The summed E-state index contributed by atoms with van der Waals surface area (Å²) in [6.45, 7) is 8.53. The van der Waals surface area contributed by atoms with Crippen LogP contribution in [0.15, 0.2) is 6.20 Å². The van der Waals surface area contributed by atoms with Crippen molar-refractivity contribution < 1.29 is 4.79 Å². The highest BCUT2D eigenvalue weighted by Gasteiger charge is 2.18. The number of nitrogens with zero attached hydrogens (tertiary/aromatic N) is 3. The minimum Gasteiger partial charge on any atom is -0.341 e. The summed E-state index contributed by atoms with van der Waals surface area (Å²) in [6, 6.07) is 0. The number of hydrogen-bond donors (Lipinski definition) is 0. The fraction of sp³-hybridized carbons (Fsp3) is 0.714. The number of aromatic nitrogens is 2. The molecule has 0 aliphatic carbocycles. The highest BCUT2D eigenvalue weighted by molar-refractivity contribution is 5.76. The van der Waals surface area contributed by atoms with E-state index in [-0.39, 0.29) is 5.91 Å². The quantitative estimate of drug-likeness (QED) is 0.824. The number of rotatable bonds is 3. The summed E-state index contributed by atoms with van der Waals surface area (Å²) >= 11 is 0. The molecule has 0 unspecified atom stereocenters. The number of carbonyl (C=O) groups excluding carboxylic acids is 1. The lowest BCUT2D eigenvalue weighted by Crippen LogP contribution is -2.37. The van der Waals surface area contributed by atoms with Gasteiger partial charge < -0.3 is 4.90 Å². The highest BCUT2D eigenvalue weighted by atomic mass is 16.2. The van der Waals surface area contributed by atoms with Crippen molar-refractivity contribution in [2.45, 2.75) is 52.5 Å². The normalized spacial score (nSPS) is 16.3. The minimum absolute atomic E-state index is 0.201. The third-order valence-corrected chi connectivity index (χ3v) is 3.61. The molecular formula is C14H23N3O. The number of likely N-dealkylation sites (tertiary alicyclic amines) is 1. The summed E-state index contributed by atoms with van der Waals surface area (Å²) in [5, 5.41) is 4.44. The van der Waals surface area contributed by atoms with Crippen LogP contribution in [0.4, 0.5) is 0 Å². The van der Waals surface area contributed by atoms with Gasteiger partial charge in [-0.1, -0.05) is 13.8 Å². The Bertz CT molecular complexity index is 417. The Kier molecular flexibility index (Phi) is 4.04. The van der Waals surface area contributed by atoms with Gasteiger partial charge in [0.1, 0.15) is 6.54 Å². The summed E-state index contributed by atoms with van der Waals surface area (Å²) in [7, 11) is 0. The maximum atomic E-state index is 12.1. The van der Waals surface area contributed by atoms with E-state index >= 15 is 0 Å². The maximum absolute atomic E-state index is 12.1. The molecule has 2 heterocycles. The average molecular weight is 249 g/mol. The monoisotopic (exact) mass is 249 g/mol. The second kappa shape index (κ2) is 5.55. The van der Waals surface area contributed by atoms with Gasteiger partial charge >= 0.3 is 0 Å². The molecule has 1 saturated heterocycles. The second-order valence-corrected chi connectivity index (χ2v) is 5.46. The first kappa shape index (κ1) is 13.1. The number of carbonyl (C=O) groups is 1. The zero-order valence-corrected chi connectivity index (χ0v) is 11.6. The number of hydrogen-bond acceptors (Lipinski definition) is 2. The highest BCUT2D eigenvalue weighted by Crippen LogP contribution is 2.17. The average Bonchev–Trinajstić information content (AvgIpc) is 2.71. The van der Waals surface area contributed by atoms with Crippen LogP contribution in [0.3, 0.4) is 0 Å². The Balaban J connectivity index is 2.00. The summed E-state index contributed by atoms with van der Waals surface area (Å²) < 4.78 is 1.79. The van der Waals surface area contributed by atoms with Crippen molar-refractivity contribution in [3.63, 3.8) is 0 Å². The molecule has 1 aliphatic rings. The summed E-state index contributed by atoms with van der Waals surface area (Å²) in [5.74, 6) is 0.663. The van der Waals surface area contributed by atoms with Crippen LogP contribution < -0.4 is 0 Å². The molecule has 100 valence electrons. The Hall–Kier alpha value is -1.32. The first-order chi connectivity index (χ1) is 8.58. The van der Waals surface area contributed by atoms with Gasteiger partial charge in [0.2, 0.25) is 5.91 Å². The van der Waals surface area contributed by atoms with E-state index in [1.54, 1.807) is 4.68 Å². The summed E-state index contributed by atoms with van der Waals surface area (Å²) in [6.07, 6.45) is 5.55. The second-order valence-electron chi connectivity index (χ2n) is 5.46. The molecule has 4 heteroatoms. The van der Waals surface area contributed by atoms with Gasteiger partial charge in [-0.05, 0) is 37.7 Å². The Morgan fingerprint density at radius 3 is 2.56 bits per heavy atom. The Morgan fingerprint density at radius 1 is 1.33 bits per heavy atom. The summed E-state index contributed by atoms with van der Waals surface area (Å²) in [4.78, 5) is 14.1. The van der Waals surface area contributed by atoms with Gasteiger partial charge in [0.15, 0.2) is 0 Å². The van der Waals surface area contributed by atoms with E-state index in [1.165, 1.54) is 12.0 Å². The zero-order valence-electron chi connectivity index (χ0n) is 11.6.